The summed E-state index contributed by atoms with van der Waals surface area (Å²) in [6, 6.07) is 43.9. The first-order valence-corrected chi connectivity index (χ1v) is 21.9. The van der Waals surface area contributed by atoms with Crippen LogP contribution in [0.25, 0.3) is 63.5 Å². The van der Waals surface area contributed by atoms with E-state index >= 15 is 0 Å². The molecule has 10 rings (SSSR count). The van der Waals surface area contributed by atoms with Gasteiger partial charge in [0.15, 0.2) is 0 Å². The summed E-state index contributed by atoms with van der Waals surface area (Å²) >= 11 is 2.68. The van der Waals surface area contributed by atoms with Gasteiger partial charge in [-0.05, 0) is 118 Å². The maximum absolute atomic E-state index is 13.3. The molecule has 1 aliphatic rings. The maximum atomic E-state index is 13.3. The van der Waals surface area contributed by atoms with E-state index in [0.717, 1.165) is 48.3 Å². The molecule has 1 aliphatic carbocycles. The number of thiazole rings is 2. The standard InChI is InChI=1S/C47H32N4O6S3.H3N/c1-26-10-20-40-42(43(26)60(54,55)56)59-46(51-40)31-16-21-39-41(24-31)58-45(50-39)27-13-17-32(18-14-27)48-44(52)30-12-11-29-23-33(19-15-28(29)22-30)49-47(53)57-25-38-36-8-4-2-6-34(36)35-7-3-5-9-37(35)38;/h2-24,38H,25H2,1H3,(H,48,52)(H,49,53)(H,54,55,56);1H3. The van der Waals surface area contributed by atoms with Crippen molar-refractivity contribution in [1.82, 2.24) is 16.1 Å². The second-order valence-corrected chi connectivity index (χ2v) is 17.8. The van der Waals surface area contributed by atoms with Crippen LogP contribution in [-0.4, -0.2) is 41.5 Å². The Morgan fingerprint density at radius 3 is 2.05 bits per heavy atom. The molecule has 0 bridgehead atoms. The summed E-state index contributed by atoms with van der Waals surface area (Å²) in [5.74, 6) is -0.295. The molecule has 11 nitrogen and oxygen atoms in total. The van der Waals surface area contributed by atoms with E-state index in [-0.39, 0.29) is 29.5 Å². The van der Waals surface area contributed by atoms with Gasteiger partial charge >= 0.3 is 6.09 Å². The van der Waals surface area contributed by atoms with Crippen LogP contribution in [0.2, 0.25) is 0 Å². The predicted molar refractivity (Wildman–Crippen MR) is 243 cm³/mol. The highest BCUT2D eigenvalue weighted by atomic mass is 32.2. The van der Waals surface area contributed by atoms with Gasteiger partial charge in [0.1, 0.15) is 26.7 Å². The number of quaternary nitrogens is 1. The van der Waals surface area contributed by atoms with E-state index in [0.29, 0.717) is 37.7 Å². The molecule has 0 saturated heterocycles. The number of anilines is 2. The second-order valence-electron chi connectivity index (χ2n) is 14.5. The molecule has 0 radical (unpaired) electrons. The van der Waals surface area contributed by atoms with Crippen LogP contribution in [0.3, 0.4) is 0 Å². The minimum atomic E-state index is -4.67. The molecule has 2 amide bonds. The molecular formula is C47H35N5O6S3. The molecule has 302 valence electrons. The molecule has 0 unspecified atom stereocenters. The molecule has 2 heterocycles. The van der Waals surface area contributed by atoms with E-state index in [4.69, 9.17) is 9.72 Å². The van der Waals surface area contributed by atoms with Gasteiger partial charge in [0, 0.05) is 34.0 Å². The Balaban J connectivity index is 0.00000476. The van der Waals surface area contributed by atoms with Crippen LogP contribution in [0.1, 0.15) is 33.0 Å². The predicted octanol–water partition coefficient (Wildman–Crippen LogP) is 11.6. The normalized spacial score (nSPS) is 12.2. The fourth-order valence-electron chi connectivity index (χ4n) is 7.80. The molecule has 14 heteroatoms. The highest BCUT2D eigenvalue weighted by molar-refractivity contribution is 7.86. The number of nitrogens with zero attached hydrogens (tertiary/aromatic N) is 2. The molecule has 0 spiro atoms. The summed E-state index contributed by atoms with van der Waals surface area (Å²) in [7, 11) is -4.67. The topological polar surface area (TPSA) is 187 Å². The Morgan fingerprint density at radius 1 is 0.689 bits per heavy atom. The van der Waals surface area contributed by atoms with E-state index in [1.807, 2.05) is 91.0 Å². The van der Waals surface area contributed by atoms with Gasteiger partial charge in [-0.3, -0.25) is 10.1 Å². The maximum Gasteiger partial charge on any atom is 0.411 e. The fraction of sp³-hybridized carbons (Fsp3) is 0.0638. The van der Waals surface area contributed by atoms with Gasteiger partial charge in [-0.2, -0.15) is 0 Å². The number of benzene rings is 7. The molecule has 2 aromatic heterocycles. The van der Waals surface area contributed by atoms with Crippen molar-refractivity contribution in [3.63, 3.8) is 0 Å². The Bertz CT molecular complexity index is 3280. The number of hydrogen-bond donors (Lipinski definition) is 3. The first-order valence-electron chi connectivity index (χ1n) is 18.9. The van der Waals surface area contributed by atoms with Crippen LogP contribution in [0.4, 0.5) is 16.2 Å². The Morgan fingerprint density at radius 2 is 1.31 bits per heavy atom. The molecule has 6 N–H and O–H groups in total. The largest absolute Gasteiger partial charge is 0.744 e. The van der Waals surface area contributed by atoms with Crippen molar-refractivity contribution in [2.75, 3.05) is 17.2 Å². The zero-order valence-corrected chi connectivity index (χ0v) is 35.1. The lowest BCUT2D eigenvalue weighted by molar-refractivity contribution is 0.102. The van der Waals surface area contributed by atoms with Crippen molar-refractivity contribution in [3.05, 3.63) is 162 Å². The van der Waals surface area contributed by atoms with Gasteiger partial charge in [0.25, 0.3) is 5.91 Å². The third kappa shape index (κ3) is 7.51. The number of carbonyl (C=O) groups is 2. The average Bonchev–Trinajstić information content (AvgIpc) is 3.96. The SMILES string of the molecule is Cc1ccc2nc(-c3ccc4nc(-c5ccc(NC(=O)c6ccc7cc(NC(=O)OCC8c9ccccc9-c9ccccc98)ccc7c6)cc5)sc4c3)sc2c1S(=O)(=O)[O-].[NH4+]. The summed E-state index contributed by atoms with van der Waals surface area (Å²) in [4.78, 5) is 35.4. The zero-order chi connectivity index (χ0) is 41.1. The smallest absolute Gasteiger partial charge is 0.411 e. The zero-order valence-electron chi connectivity index (χ0n) is 32.6. The minimum Gasteiger partial charge on any atom is -0.744 e. The second kappa shape index (κ2) is 15.7. The van der Waals surface area contributed by atoms with Crippen molar-refractivity contribution < 1.29 is 27.3 Å². The number of nitrogens with one attached hydrogen (secondary N) is 2. The third-order valence-corrected chi connectivity index (χ3v) is 14.0. The summed E-state index contributed by atoms with van der Waals surface area (Å²) in [6.07, 6.45) is -0.537. The van der Waals surface area contributed by atoms with Crippen LogP contribution >= 0.6 is 22.7 Å². The van der Waals surface area contributed by atoms with Crippen LogP contribution in [0.15, 0.2) is 144 Å². The number of ether oxygens (including phenoxy) is 1. The summed E-state index contributed by atoms with van der Waals surface area (Å²) in [5.41, 5.74) is 9.66. The Kier molecular flexibility index (Phi) is 10.2. The lowest BCUT2D eigenvalue weighted by Gasteiger charge is -2.15. The van der Waals surface area contributed by atoms with E-state index in [1.54, 1.807) is 31.2 Å². The van der Waals surface area contributed by atoms with Crippen molar-refractivity contribution in [2.45, 2.75) is 17.7 Å². The van der Waals surface area contributed by atoms with E-state index in [1.165, 1.54) is 33.8 Å². The summed E-state index contributed by atoms with van der Waals surface area (Å²) < 4.78 is 43.0. The first-order chi connectivity index (χ1) is 29.1. The van der Waals surface area contributed by atoms with Crippen LogP contribution < -0.4 is 16.8 Å². The van der Waals surface area contributed by atoms with Gasteiger partial charge in [-0.25, -0.2) is 23.2 Å². The summed E-state index contributed by atoms with van der Waals surface area (Å²) in [6.45, 7) is 1.82. The molecule has 0 atom stereocenters. The quantitative estimate of drug-likeness (QED) is 0.126. The lowest BCUT2D eigenvalue weighted by Crippen LogP contribution is -2.17. The number of aromatic nitrogens is 2. The molecule has 0 aliphatic heterocycles. The van der Waals surface area contributed by atoms with Crippen molar-refractivity contribution in [3.8, 4) is 32.3 Å². The van der Waals surface area contributed by atoms with E-state index in [2.05, 4.69) is 39.9 Å². The number of carbonyl (C=O) groups excluding carboxylic acids is 2. The van der Waals surface area contributed by atoms with Gasteiger partial charge in [0.05, 0.1) is 25.3 Å². The monoisotopic (exact) mass is 861 g/mol. The molecule has 0 saturated carbocycles. The van der Waals surface area contributed by atoms with Gasteiger partial charge in [-0.1, -0.05) is 66.7 Å². The highest BCUT2D eigenvalue weighted by Gasteiger charge is 2.29. The van der Waals surface area contributed by atoms with Crippen LogP contribution in [0.5, 0.6) is 0 Å². The molecule has 0 fully saturated rings. The van der Waals surface area contributed by atoms with Crippen LogP contribution in [0, 0.1) is 6.92 Å². The minimum absolute atomic E-state index is 0. The number of hydrogen-bond acceptors (Lipinski definition) is 10. The highest BCUT2D eigenvalue weighted by Crippen LogP contribution is 2.45. The average molecular weight is 862 g/mol. The van der Waals surface area contributed by atoms with Crippen molar-refractivity contribution >= 4 is 87.4 Å². The lowest BCUT2D eigenvalue weighted by atomic mass is 9.98. The first kappa shape index (κ1) is 39.6. The molecule has 61 heavy (non-hydrogen) atoms. The van der Waals surface area contributed by atoms with Crippen LogP contribution in [-0.2, 0) is 14.9 Å². The van der Waals surface area contributed by atoms with Gasteiger partial charge < -0.3 is 20.8 Å². The molecule has 7 aromatic carbocycles. The van der Waals surface area contributed by atoms with Crippen molar-refractivity contribution in [2.24, 2.45) is 0 Å². The Labute approximate surface area is 358 Å². The summed E-state index contributed by atoms with van der Waals surface area (Å²) in [5, 5.41) is 8.92. The van der Waals surface area contributed by atoms with E-state index < -0.39 is 16.2 Å². The van der Waals surface area contributed by atoms with Gasteiger partial charge in [0.2, 0.25) is 0 Å². The molecular weight excluding hydrogens is 827 g/mol. The Hall–Kier alpha value is -6.81. The number of amides is 2. The van der Waals surface area contributed by atoms with Gasteiger partial charge in [-0.15, -0.1) is 22.7 Å². The number of fused-ring (bicyclic) bond motifs is 6. The molecule has 9 aromatic rings. The third-order valence-electron chi connectivity index (χ3n) is 10.7. The fourth-order valence-corrected chi connectivity index (χ4v) is 11.1. The van der Waals surface area contributed by atoms with E-state index in [9.17, 15) is 22.6 Å². The number of rotatable bonds is 8. The number of aryl methyl sites for hydroxylation is 1. The van der Waals surface area contributed by atoms with Crippen molar-refractivity contribution in [1.29, 1.82) is 0 Å².